The van der Waals surface area contributed by atoms with E-state index in [1.165, 1.54) is 0 Å². The van der Waals surface area contributed by atoms with Crippen molar-refractivity contribution in [2.24, 2.45) is 5.92 Å². The minimum atomic E-state index is -1.20. The quantitative estimate of drug-likeness (QED) is 0.566. The SMILES string of the molecule is CC(C)[C@@H](NC(=O)Nc1ccc([N+](=O)[O-])c(F)c1)C(=O)O. The third kappa shape index (κ3) is 4.41. The Morgan fingerprint density at radius 3 is 2.43 bits per heavy atom. The first-order chi connectivity index (χ1) is 9.72. The number of hydrogen-bond acceptors (Lipinski definition) is 4. The zero-order chi connectivity index (χ0) is 16.2. The van der Waals surface area contributed by atoms with E-state index in [4.69, 9.17) is 5.11 Å². The highest BCUT2D eigenvalue weighted by Crippen LogP contribution is 2.20. The summed E-state index contributed by atoms with van der Waals surface area (Å²) in [5.41, 5.74) is -0.741. The monoisotopic (exact) mass is 299 g/mol. The van der Waals surface area contributed by atoms with Crippen molar-refractivity contribution in [2.75, 3.05) is 5.32 Å². The van der Waals surface area contributed by atoms with Crippen LogP contribution in [0.25, 0.3) is 0 Å². The minimum Gasteiger partial charge on any atom is -0.480 e. The molecule has 0 aliphatic heterocycles. The van der Waals surface area contributed by atoms with Crippen LogP contribution in [0.4, 0.5) is 20.6 Å². The molecule has 0 bridgehead atoms. The Hall–Kier alpha value is -2.71. The first kappa shape index (κ1) is 16.3. The largest absolute Gasteiger partial charge is 0.480 e. The molecular formula is C12H14FN3O5. The molecule has 0 radical (unpaired) electrons. The normalized spacial score (nSPS) is 11.8. The van der Waals surface area contributed by atoms with Crippen molar-refractivity contribution in [1.82, 2.24) is 5.32 Å². The number of anilines is 1. The maximum atomic E-state index is 13.4. The Bertz CT molecular complexity index is 576. The van der Waals surface area contributed by atoms with Gasteiger partial charge >= 0.3 is 17.7 Å². The summed E-state index contributed by atoms with van der Waals surface area (Å²) in [5.74, 6) is -2.65. The second-order valence-corrected chi connectivity index (χ2v) is 4.58. The molecule has 0 unspecified atom stereocenters. The van der Waals surface area contributed by atoms with E-state index >= 15 is 0 Å². The smallest absolute Gasteiger partial charge is 0.326 e. The highest BCUT2D eigenvalue weighted by Gasteiger charge is 2.23. The second-order valence-electron chi connectivity index (χ2n) is 4.58. The van der Waals surface area contributed by atoms with Crippen molar-refractivity contribution >= 4 is 23.4 Å². The molecule has 1 atom stereocenters. The maximum absolute atomic E-state index is 13.4. The number of benzene rings is 1. The van der Waals surface area contributed by atoms with Crippen molar-refractivity contribution < 1.29 is 24.0 Å². The molecule has 1 aromatic rings. The first-order valence-corrected chi connectivity index (χ1v) is 5.96. The summed E-state index contributed by atoms with van der Waals surface area (Å²) < 4.78 is 13.4. The van der Waals surface area contributed by atoms with E-state index in [-0.39, 0.29) is 11.6 Å². The highest BCUT2D eigenvalue weighted by molar-refractivity contribution is 5.92. The molecule has 9 heteroatoms. The van der Waals surface area contributed by atoms with Crippen molar-refractivity contribution in [2.45, 2.75) is 19.9 Å². The number of carboxylic acids is 1. The van der Waals surface area contributed by atoms with E-state index in [9.17, 15) is 24.1 Å². The summed E-state index contributed by atoms with van der Waals surface area (Å²) in [6.45, 7) is 3.23. The highest BCUT2D eigenvalue weighted by atomic mass is 19.1. The number of carboxylic acid groups (broad SMARTS) is 1. The fourth-order valence-corrected chi connectivity index (χ4v) is 1.55. The zero-order valence-electron chi connectivity index (χ0n) is 11.3. The Morgan fingerprint density at radius 2 is 2.00 bits per heavy atom. The number of halogens is 1. The van der Waals surface area contributed by atoms with Crippen LogP contribution >= 0.6 is 0 Å². The van der Waals surface area contributed by atoms with Crippen LogP contribution in [0.2, 0.25) is 0 Å². The summed E-state index contributed by atoms with van der Waals surface area (Å²) in [6, 6.07) is 0.883. The maximum Gasteiger partial charge on any atom is 0.326 e. The molecule has 21 heavy (non-hydrogen) atoms. The molecule has 3 N–H and O–H groups in total. The number of nitro benzene ring substituents is 1. The number of nitrogens with zero attached hydrogens (tertiary/aromatic N) is 1. The van der Waals surface area contributed by atoms with Crippen LogP contribution in [0.1, 0.15) is 13.8 Å². The molecule has 0 heterocycles. The number of nitro groups is 1. The molecule has 0 aromatic heterocycles. The third-order valence-corrected chi connectivity index (χ3v) is 2.62. The number of amides is 2. The van der Waals surface area contributed by atoms with Gasteiger partial charge in [0.2, 0.25) is 5.82 Å². The van der Waals surface area contributed by atoms with Gasteiger partial charge in [0.25, 0.3) is 0 Å². The average Bonchev–Trinajstić information content (AvgIpc) is 2.34. The van der Waals surface area contributed by atoms with E-state index < -0.39 is 34.5 Å². The van der Waals surface area contributed by atoms with Gasteiger partial charge in [0.1, 0.15) is 6.04 Å². The predicted octanol–water partition coefficient (Wildman–Crippen LogP) is 1.96. The zero-order valence-corrected chi connectivity index (χ0v) is 11.3. The third-order valence-electron chi connectivity index (χ3n) is 2.62. The molecule has 114 valence electrons. The number of aliphatic carboxylic acids is 1. The molecule has 1 aromatic carbocycles. The Labute approximate surface area is 119 Å². The van der Waals surface area contributed by atoms with E-state index in [1.54, 1.807) is 13.8 Å². The molecule has 0 fully saturated rings. The van der Waals surface area contributed by atoms with Crippen LogP contribution < -0.4 is 10.6 Å². The van der Waals surface area contributed by atoms with Gasteiger partial charge in [-0.1, -0.05) is 13.8 Å². The van der Waals surface area contributed by atoms with Crippen LogP contribution in [0, 0.1) is 21.8 Å². The summed E-state index contributed by atoms with van der Waals surface area (Å²) in [4.78, 5) is 32.1. The molecular weight excluding hydrogens is 285 g/mol. The number of rotatable bonds is 5. The molecule has 0 saturated heterocycles. The van der Waals surface area contributed by atoms with Gasteiger partial charge in [0.15, 0.2) is 0 Å². The molecule has 0 aliphatic rings. The van der Waals surface area contributed by atoms with Crippen molar-refractivity contribution in [3.8, 4) is 0 Å². The topological polar surface area (TPSA) is 122 Å². The number of hydrogen-bond donors (Lipinski definition) is 3. The number of nitrogens with one attached hydrogen (secondary N) is 2. The van der Waals surface area contributed by atoms with Crippen LogP contribution in [-0.2, 0) is 4.79 Å². The fourth-order valence-electron chi connectivity index (χ4n) is 1.55. The van der Waals surface area contributed by atoms with Gasteiger partial charge in [-0.05, 0) is 12.0 Å². The van der Waals surface area contributed by atoms with Gasteiger partial charge in [-0.2, -0.15) is 4.39 Å². The Kier molecular flexibility index (Phi) is 5.17. The molecule has 0 spiro atoms. The summed E-state index contributed by atoms with van der Waals surface area (Å²) in [5, 5.41) is 23.8. The number of carbonyl (C=O) groups excluding carboxylic acids is 1. The summed E-state index contributed by atoms with van der Waals surface area (Å²) in [7, 11) is 0. The minimum absolute atomic E-state index is 0.0245. The van der Waals surface area contributed by atoms with E-state index in [0.717, 1.165) is 18.2 Å². The lowest BCUT2D eigenvalue weighted by Crippen LogP contribution is -2.46. The van der Waals surface area contributed by atoms with E-state index in [1.807, 2.05) is 0 Å². The summed E-state index contributed by atoms with van der Waals surface area (Å²) >= 11 is 0. The summed E-state index contributed by atoms with van der Waals surface area (Å²) in [6.07, 6.45) is 0. The van der Waals surface area contributed by atoms with Gasteiger partial charge in [0, 0.05) is 17.8 Å². The van der Waals surface area contributed by atoms with E-state index in [2.05, 4.69) is 10.6 Å². The molecule has 0 saturated carbocycles. The first-order valence-electron chi connectivity index (χ1n) is 5.96. The van der Waals surface area contributed by atoms with Crippen molar-refractivity contribution in [3.63, 3.8) is 0 Å². The molecule has 2 amide bonds. The van der Waals surface area contributed by atoms with Crippen molar-refractivity contribution in [3.05, 3.63) is 34.1 Å². The molecule has 0 aliphatic carbocycles. The van der Waals surface area contributed by atoms with Crippen molar-refractivity contribution in [1.29, 1.82) is 0 Å². The Morgan fingerprint density at radius 1 is 1.38 bits per heavy atom. The predicted molar refractivity (Wildman–Crippen MR) is 71.5 cm³/mol. The standard InChI is InChI=1S/C12H14FN3O5/c1-6(2)10(11(17)18)15-12(19)14-7-3-4-9(16(20)21)8(13)5-7/h3-6,10H,1-2H3,(H,17,18)(H2,14,15,19)/t10-/m1/s1. The van der Waals surface area contributed by atoms with Gasteiger partial charge in [0.05, 0.1) is 4.92 Å². The Balaban J connectivity index is 2.77. The molecule has 8 nitrogen and oxygen atoms in total. The lowest BCUT2D eigenvalue weighted by Gasteiger charge is -2.18. The van der Waals surface area contributed by atoms with E-state index in [0.29, 0.717) is 0 Å². The average molecular weight is 299 g/mol. The number of carbonyl (C=O) groups is 2. The fraction of sp³-hybridized carbons (Fsp3) is 0.333. The van der Waals surface area contributed by atoms with Crippen LogP contribution in [0.3, 0.4) is 0 Å². The van der Waals surface area contributed by atoms with Crippen LogP contribution in [-0.4, -0.2) is 28.1 Å². The molecule has 1 rings (SSSR count). The number of urea groups is 1. The van der Waals surface area contributed by atoms with Gasteiger partial charge in [-0.25, -0.2) is 9.59 Å². The van der Waals surface area contributed by atoms with Gasteiger partial charge in [-0.3, -0.25) is 10.1 Å². The van der Waals surface area contributed by atoms with Crippen LogP contribution in [0.15, 0.2) is 18.2 Å². The second kappa shape index (κ2) is 6.64. The lowest BCUT2D eigenvalue weighted by molar-refractivity contribution is -0.387. The van der Waals surface area contributed by atoms with Crippen LogP contribution in [0.5, 0.6) is 0 Å². The lowest BCUT2D eigenvalue weighted by atomic mass is 10.1. The van der Waals surface area contributed by atoms with Gasteiger partial charge < -0.3 is 15.7 Å². The van der Waals surface area contributed by atoms with Gasteiger partial charge in [-0.15, -0.1) is 0 Å².